The highest BCUT2D eigenvalue weighted by atomic mass is 16.5. The first kappa shape index (κ1) is 19.6. The van der Waals surface area contributed by atoms with Crippen molar-refractivity contribution in [3.05, 3.63) is 12.2 Å². The van der Waals surface area contributed by atoms with E-state index in [1.54, 1.807) is 7.11 Å². The van der Waals surface area contributed by atoms with E-state index in [4.69, 9.17) is 4.74 Å². The topological polar surface area (TPSA) is 87.7 Å². The van der Waals surface area contributed by atoms with Gasteiger partial charge < -0.3 is 15.2 Å². The van der Waals surface area contributed by atoms with E-state index >= 15 is 0 Å². The quantitative estimate of drug-likeness (QED) is 0.591. The molecular weight excluding hydrogens is 296 g/mol. The number of carbonyl (C=O) groups excluding carboxylic acids is 1. The van der Waals surface area contributed by atoms with E-state index in [0.717, 1.165) is 12.8 Å². The van der Waals surface area contributed by atoms with E-state index < -0.39 is 17.6 Å². The summed E-state index contributed by atoms with van der Waals surface area (Å²) >= 11 is 0. The molecule has 1 aliphatic heterocycles. The zero-order valence-corrected chi connectivity index (χ0v) is 14.8. The van der Waals surface area contributed by atoms with Crippen molar-refractivity contribution < 1.29 is 19.4 Å². The Morgan fingerprint density at radius 3 is 2.61 bits per heavy atom. The molecule has 3 N–H and O–H groups in total. The van der Waals surface area contributed by atoms with Crippen LogP contribution in [0.4, 0.5) is 0 Å². The molecule has 6 heteroatoms. The van der Waals surface area contributed by atoms with Gasteiger partial charge in [0.15, 0.2) is 0 Å². The summed E-state index contributed by atoms with van der Waals surface area (Å²) in [4.78, 5) is 23.1. The second-order valence-electron chi connectivity index (χ2n) is 6.45. The number of hydrogen-bond acceptors (Lipinski definition) is 4. The van der Waals surface area contributed by atoms with Crippen molar-refractivity contribution in [3.63, 3.8) is 0 Å². The number of rotatable bonds is 8. The summed E-state index contributed by atoms with van der Waals surface area (Å²) in [5.41, 5.74) is -0.564. The van der Waals surface area contributed by atoms with E-state index in [1.165, 1.54) is 6.92 Å². The van der Waals surface area contributed by atoms with E-state index in [-0.39, 0.29) is 23.9 Å². The first-order valence-electron chi connectivity index (χ1n) is 8.23. The van der Waals surface area contributed by atoms with Gasteiger partial charge in [-0.15, -0.1) is 0 Å². The summed E-state index contributed by atoms with van der Waals surface area (Å²) < 4.78 is 5.75. The van der Waals surface area contributed by atoms with Crippen LogP contribution in [-0.2, 0) is 14.3 Å². The van der Waals surface area contributed by atoms with Crippen LogP contribution >= 0.6 is 0 Å². The van der Waals surface area contributed by atoms with E-state index in [0.29, 0.717) is 6.42 Å². The molecule has 5 unspecified atom stereocenters. The van der Waals surface area contributed by atoms with Gasteiger partial charge in [0.2, 0.25) is 5.91 Å². The number of carbonyl (C=O) groups is 2. The minimum Gasteiger partial charge on any atom is -0.480 e. The lowest BCUT2D eigenvalue weighted by Gasteiger charge is -2.41. The first-order chi connectivity index (χ1) is 10.8. The van der Waals surface area contributed by atoms with Crippen LogP contribution in [0.1, 0.15) is 47.0 Å². The Morgan fingerprint density at radius 1 is 1.52 bits per heavy atom. The summed E-state index contributed by atoms with van der Waals surface area (Å²) in [6.45, 7) is 7.43. The van der Waals surface area contributed by atoms with Gasteiger partial charge in [-0.25, -0.2) is 0 Å². The van der Waals surface area contributed by atoms with Crippen LogP contribution in [0.5, 0.6) is 0 Å². The average Bonchev–Trinajstić information content (AvgIpc) is 2.89. The Hall–Kier alpha value is -1.40. The van der Waals surface area contributed by atoms with Gasteiger partial charge in [0.1, 0.15) is 6.04 Å². The van der Waals surface area contributed by atoms with Crippen LogP contribution in [0.3, 0.4) is 0 Å². The van der Waals surface area contributed by atoms with Gasteiger partial charge in [0.05, 0.1) is 11.6 Å². The van der Waals surface area contributed by atoms with Crippen LogP contribution in [0.25, 0.3) is 0 Å². The largest absolute Gasteiger partial charge is 0.480 e. The number of hydrogen-bond donors (Lipinski definition) is 3. The normalized spacial score (nSPS) is 28.5. The molecule has 1 saturated heterocycles. The van der Waals surface area contributed by atoms with E-state index in [2.05, 4.69) is 17.6 Å². The van der Waals surface area contributed by atoms with Crippen LogP contribution in [0.15, 0.2) is 12.2 Å². The molecule has 0 aromatic rings. The highest BCUT2D eigenvalue weighted by Crippen LogP contribution is 2.32. The molecule has 1 amide bonds. The van der Waals surface area contributed by atoms with Gasteiger partial charge in [-0.3, -0.25) is 14.9 Å². The lowest BCUT2D eigenvalue weighted by atomic mass is 9.81. The Labute approximate surface area is 138 Å². The Balaban J connectivity index is 3.16. The van der Waals surface area contributed by atoms with Crippen LogP contribution < -0.4 is 10.6 Å². The summed E-state index contributed by atoms with van der Waals surface area (Å²) in [6.07, 6.45) is 6.12. The zero-order valence-electron chi connectivity index (χ0n) is 14.8. The molecule has 6 nitrogen and oxygen atoms in total. The average molecular weight is 326 g/mol. The van der Waals surface area contributed by atoms with Crippen molar-refractivity contribution in [2.75, 3.05) is 7.11 Å². The molecule has 0 saturated carbocycles. The molecule has 5 atom stereocenters. The molecular formula is C17H30N2O4. The lowest BCUT2D eigenvalue weighted by Crippen LogP contribution is -2.62. The number of ether oxygens (including phenoxy) is 1. The van der Waals surface area contributed by atoms with Crippen LogP contribution in [0, 0.1) is 5.92 Å². The number of allylic oxidation sites excluding steroid dienone is 1. The standard InChI is InChI=1S/C17H30N2O4/c1-6-8-12-10-13(16(21)22)19-14(12)15(18-11(3)20)17(4,23-5)9-7-2/h6,8,12-15,19H,7,9-10H2,1-5H3,(H,18,20)(H,21,22). The van der Waals surface area contributed by atoms with Gasteiger partial charge in [-0.05, 0) is 32.6 Å². The summed E-state index contributed by atoms with van der Waals surface area (Å²) in [7, 11) is 1.64. The monoisotopic (exact) mass is 326 g/mol. The Morgan fingerprint density at radius 2 is 2.17 bits per heavy atom. The Bertz CT molecular complexity index is 452. The molecule has 1 rings (SSSR count). The third-order valence-corrected chi connectivity index (χ3v) is 4.69. The molecule has 0 aromatic heterocycles. The third kappa shape index (κ3) is 4.78. The van der Waals surface area contributed by atoms with Crippen molar-refractivity contribution in [1.29, 1.82) is 0 Å². The smallest absolute Gasteiger partial charge is 0.320 e. The fourth-order valence-corrected chi connectivity index (χ4v) is 3.53. The second-order valence-corrected chi connectivity index (χ2v) is 6.45. The molecule has 1 aliphatic rings. The molecule has 1 heterocycles. The fraction of sp³-hybridized carbons (Fsp3) is 0.765. The third-order valence-electron chi connectivity index (χ3n) is 4.69. The van der Waals surface area contributed by atoms with Crippen molar-refractivity contribution in [2.45, 2.75) is 70.7 Å². The van der Waals surface area contributed by atoms with Gasteiger partial charge in [0.25, 0.3) is 0 Å². The minimum atomic E-state index is -0.863. The fourth-order valence-electron chi connectivity index (χ4n) is 3.53. The molecule has 132 valence electrons. The number of aliphatic carboxylic acids is 1. The van der Waals surface area contributed by atoms with E-state index in [9.17, 15) is 14.7 Å². The number of nitrogens with one attached hydrogen (secondary N) is 2. The number of amides is 1. The highest BCUT2D eigenvalue weighted by molar-refractivity contribution is 5.75. The van der Waals surface area contributed by atoms with Crippen molar-refractivity contribution in [1.82, 2.24) is 10.6 Å². The number of carboxylic acids is 1. The summed E-state index contributed by atoms with van der Waals surface area (Å²) in [6, 6.07) is -1.11. The molecule has 23 heavy (non-hydrogen) atoms. The minimum absolute atomic E-state index is 0.0317. The van der Waals surface area contributed by atoms with Gasteiger partial charge >= 0.3 is 5.97 Å². The van der Waals surface area contributed by atoms with Gasteiger partial charge in [-0.1, -0.05) is 25.5 Å². The van der Waals surface area contributed by atoms with Crippen LogP contribution in [0.2, 0.25) is 0 Å². The number of carboxylic acid groups (broad SMARTS) is 1. The van der Waals surface area contributed by atoms with Crippen molar-refractivity contribution in [3.8, 4) is 0 Å². The lowest BCUT2D eigenvalue weighted by molar-refractivity contribution is -0.139. The van der Waals surface area contributed by atoms with E-state index in [1.807, 2.05) is 26.0 Å². The summed E-state index contributed by atoms with van der Waals surface area (Å²) in [5.74, 6) is -0.975. The second kappa shape index (κ2) is 8.45. The number of methoxy groups -OCH3 is 1. The maximum atomic E-state index is 11.7. The predicted molar refractivity (Wildman–Crippen MR) is 89.2 cm³/mol. The van der Waals surface area contributed by atoms with Crippen molar-refractivity contribution in [2.24, 2.45) is 5.92 Å². The van der Waals surface area contributed by atoms with Crippen LogP contribution in [-0.4, -0.2) is 47.8 Å². The first-order valence-corrected chi connectivity index (χ1v) is 8.23. The molecule has 1 fully saturated rings. The Kier molecular flexibility index (Phi) is 7.22. The summed E-state index contributed by atoms with van der Waals surface area (Å²) in [5, 5.41) is 15.5. The zero-order chi connectivity index (χ0) is 17.6. The highest BCUT2D eigenvalue weighted by Gasteiger charge is 2.47. The van der Waals surface area contributed by atoms with Crippen molar-refractivity contribution >= 4 is 11.9 Å². The molecule has 0 radical (unpaired) electrons. The maximum absolute atomic E-state index is 11.7. The predicted octanol–water partition coefficient (Wildman–Crippen LogP) is 1.70. The molecule has 0 bridgehead atoms. The SMILES string of the molecule is CC=CC1CC(C(=O)O)NC1C(NC(C)=O)C(C)(CCC)OC. The van der Waals surface area contributed by atoms with Gasteiger partial charge in [-0.2, -0.15) is 0 Å². The van der Waals surface area contributed by atoms with Gasteiger partial charge in [0, 0.05) is 20.1 Å². The molecule has 0 aliphatic carbocycles. The maximum Gasteiger partial charge on any atom is 0.320 e. The molecule has 0 spiro atoms. The molecule has 0 aromatic carbocycles.